The Morgan fingerprint density at radius 1 is 0.696 bits per heavy atom. The van der Waals surface area contributed by atoms with Crippen LogP contribution in [0.5, 0.6) is 0 Å². The summed E-state index contributed by atoms with van der Waals surface area (Å²) in [4.78, 5) is 0. The minimum Gasteiger partial charge on any atom is -0.299 e. The van der Waals surface area contributed by atoms with E-state index in [4.69, 9.17) is 11.6 Å². The van der Waals surface area contributed by atoms with Gasteiger partial charge in [-0.25, -0.2) is 0 Å². The van der Waals surface area contributed by atoms with Crippen molar-refractivity contribution in [1.82, 2.24) is 10.2 Å². The molecule has 0 amide bonds. The molecule has 1 aromatic heterocycles. The lowest BCUT2D eigenvalue weighted by molar-refractivity contribution is 0.568. The lowest BCUT2D eigenvalue weighted by Gasteiger charge is -2.24. The van der Waals surface area contributed by atoms with Crippen molar-refractivity contribution in [2.45, 2.75) is 52.4 Å². The molecule has 2 nitrogen and oxygen atoms in total. The number of H-pyrrole nitrogens is 2. The van der Waals surface area contributed by atoms with Crippen LogP contribution >= 0.6 is 11.6 Å². The molecule has 0 unspecified atom stereocenters. The highest BCUT2D eigenvalue weighted by molar-refractivity contribution is 6.31. The standard InChI is InChI=1S/C14H22.C6H5ClN2/c1-13(2,3)11-8-7-9-12(10-11)14(4,5)6;7-4-1-2-5-6(3-4)9-8-5/h7-10H,1-6H3;1-3,8-9H. The minimum absolute atomic E-state index is 0.251. The Bertz CT molecular complexity index is 737. The van der Waals surface area contributed by atoms with E-state index >= 15 is 0 Å². The van der Waals surface area contributed by atoms with Crippen molar-refractivity contribution >= 4 is 22.6 Å². The van der Waals surface area contributed by atoms with Crippen LogP contribution in [-0.4, -0.2) is 10.2 Å². The molecule has 3 aromatic rings. The first-order valence-corrected chi connectivity index (χ1v) is 8.38. The molecule has 0 aliphatic rings. The topological polar surface area (TPSA) is 31.6 Å². The lowest BCUT2D eigenvalue weighted by atomic mass is 9.81. The molecular formula is C20H27ClN2. The van der Waals surface area contributed by atoms with Gasteiger partial charge in [0.05, 0.1) is 11.0 Å². The lowest BCUT2D eigenvalue weighted by Crippen LogP contribution is -2.15. The number of halogens is 1. The molecule has 0 saturated carbocycles. The SMILES string of the molecule is CC(C)(C)c1cccc(C(C)(C)C)c1.Clc1ccc2[nH][nH]c2c1. The van der Waals surface area contributed by atoms with E-state index in [9.17, 15) is 0 Å². The van der Waals surface area contributed by atoms with Crippen molar-refractivity contribution in [2.24, 2.45) is 0 Å². The molecule has 0 aliphatic heterocycles. The number of rotatable bonds is 0. The van der Waals surface area contributed by atoms with Gasteiger partial charge in [0.25, 0.3) is 0 Å². The van der Waals surface area contributed by atoms with E-state index in [2.05, 4.69) is 76.0 Å². The molecular weight excluding hydrogens is 304 g/mol. The molecule has 0 saturated heterocycles. The van der Waals surface area contributed by atoms with Crippen LogP contribution in [0.2, 0.25) is 5.02 Å². The highest BCUT2D eigenvalue weighted by Crippen LogP contribution is 2.28. The van der Waals surface area contributed by atoms with Crippen molar-refractivity contribution in [3.8, 4) is 0 Å². The van der Waals surface area contributed by atoms with Crippen molar-refractivity contribution in [1.29, 1.82) is 0 Å². The van der Waals surface area contributed by atoms with Gasteiger partial charge >= 0.3 is 0 Å². The van der Waals surface area contributed by atoms with Crippen molar-refractivity contribution in [3.63, 3.8) is 0 Å². The van der Waals surface area contributed by atoms with Gasteiger partial charge in [-0.1, -0.05) is 77.4 Å². The van der Waals surface area contributed by atoms with Crippen LogP contribution < -0.4 is 0 Å². The Morgan fingerprint density at radius 2 is 1.22 bits per heavy atom. The summed E-state index contributed by atoms with van der Waals surface area (Å²) in [7, 11) is 0. The molecule has 23 heavy (non-hydrogen) atoms. The summed E-state index contributed by atoms with van der Waals surface area (Å²) in [6.45, 7) is 13.6. The highest BCUT2D eigenvalue weighted by Gasteiger charge is 2.18. The summed E-state index contributed by atoms with van der Waals surface area (Å²) < 4.78 is 0. The summed E-state index contributed by atoms with van der Waals surface area (Å²) in [6, 6.07) is 14.6. The molecule has 3 rings (SSSR count). The van der Waals surface area contributed by atoms with E-state index in [0.717, 1.165) is 16.1 Å². The maximum absolute atomic E-state index is 5.68. The number of hydrogen-bond donors (Lipinski definition) is 2. The number of benzene rings is 2. The van der Waals surface area contributed by atoms with Gasteiger partial charge in [0.1, 0.15) is 0 Å². The normalized spacial score (nSPS) is 12.1. The average Bonchev–Trinajstić information content (AvgIpc) is 2.42. The first kappa shape index (κ1) is 17.7. The number of nitrogens with one attached hydrogen (secondary N) is 2. The Labute approximate surface area is 144 Å². The van der Waals surface area contributed by atoms with Gasteiger partial charge < -0.3 is 0 Å². The van der Waals surface area contributed by atoms with Gasteiger partial charge in [-0.2, -0.15) is 0 Å². The van der Waals surface area contributed by atoms with Gasteiger partial charge in [0, 0.05) is 5.02 Å². The summed E-state index contributed by atoms with van der Waals surface area (Å²) in [5, 5.41) is 6.57. The van der Waals surface area contributed by atoms with Gasteiger partial charge in [0.15, 0.2) is 0 Å². The molecule has 0 atom stereocenters. The van der Waals surface area contributed by atoms with E-state index in [0.29, 0.717) is 0 Å². The van der Waals surface area contributed by atoms with Crippen LogP contribution in [0.1, 0.15) is 52.7 Å². The maximum Gasteiger partial charge on any atom is 0.0804 e. The largest absolute Gasteiger partial charge is 0.299 e. The van der Waals surface area contributed by atoms with Crippen LogP contribution in [-0.2, 0) is 10.8 Å². The molecule has 0 radical (unpaired) electrons. The Morgan fingerprint density at radius 3 is 1.57 bits per heavy atom. The zero-order chi connectivity index (χ0) is 17.3. The van der Waals surface area contributed by atoms with Crippen LogP contribution in [0.4, 0.5) is 0 Å². The summed E-state index contributed by atoms with van der Waals surface area (Å²) >= 11 is 5.68. The van der Waals surface area contributed by atoms with Gasteiger partial charge in [-0.3, -0.25) is 10.2 Å². The first-order chi connectivity index (χ1) is 10.6. The minimum atomic E-state index is 0.251. The van der Waals surface area contributed by atoms with Crippen LogP contribution in [0.25, 0.3) is 11.0 Å². The average molecular weight is 331 g/mol. The van der Waals surface area contributed by atoms with Crippen molar-refractivity contribution < 1.29 is 0 Å². The van der Waals surface area contributed by atoms with Gasteiger partial charge in [0.2, 0.25) is 0 Å². The predicted molar refractivity (Wildman–Crippen MR) is 102 cm³/mol. The number of hydrogen-bond acceptors (Lipinski definition) is 0. The van der Waals surface area contributed by atoms with Crippen LogP contribution in [0, 0.1) is 0 Å². The van der Waals surface area contributed by atoms with E-state index < -0.39 is 0 Å². The second-order valence-electron chi connectivity index (χ2n) is 8.02. The van der Waals surface area contributed by atoms with E-state index in [1.807, 2.05) is 18.2 Å². The van der Waals surface area contributed by atoms with E-state index in [1.54, 1.807) is 0 Å². The monoisotopic (exact) mass is 330 g/mol. The molecule has 124 valence electrons. The fourth-order valence-electron chi connectivity index (χ4n) is 2.25. The molecule has 1 heterocycles. The first-order valence-electron chi connectivity index (χ1n) is 8.00. The Balaban J connectivity index is 0.000000182. The maximum atomic E-state index is 5.68. The van der Waals surface area contributed by atoms with Crippen LogP contribution in [0.3, 0.4) is 0 Å². The third kappa shape index (κ3) is 4.65. The van der Waals surface area contributed by atoms with E-state index in [1.165, 1.54) is 11.1 Å². The molecule has 0 fully saturated rings. The summed E-state index contributed by atoms with van der Waals surface area (Å²) in [5.74, 6) is 0. The highest BCUT2D eigenvalue weighted by atomic mass is 35.5. The van der Waals surface area contributed by atoms with E-state index in [-0.39, 0.29) is 10.8 Å². The Hall–Kier alpha value is -1.67. The quantitative estimate of drug-likeness (QED) is 0.476. The molecule has 2 N–H and O–H groups in total. The molecule has 3 heteroatoms. The third-order valence-corrected chi connectivity index (χ3v) is 4.14. The fourth-order valence-corrected chi connectivity index (χ4v) is 2.43. The summed E-state index contributed by atoms with van der Waals surface area (Å²) in [6.07, 6.45) is 0. The van der Waals surface area contributed by atoms with Crippen LogP contribution in [0.15, 0.2) is 42.5 Å². The molecule has 0 spiro atoms. The van der Waals surface area contributed by atoms with Crippen molar-refractivity contribution in [2.75, 3.05) is 0 Å². The van der Waals surface area contributed by atoms with Gasteiger partial charge in [-0.05, 0) is 40.2 Å². The summed E-state index contributed by atoms with van der Waals surface area (Å²) in [5.41, 5.74) is 5.53. The zero-order valence-electron chi connectivity index (χ0n) is 14.9. The second kappa shape index (κ2) is 6.45. The molecule has 2 aromatic carbocycles. The fraction of sp³-hybridized carbons (Fsp3) is 0.400. The number of fused-ring (bicyclic) bond motifs is 1. The van der Waals surface area contributed by atoms with Gasteiger partial charge in [-0.15, -0.1) is 0 Å². The van der Waals surface area contributed by atoms with Crippen molar-refractivity contribution in [3.05, 3.63) is 58.6 Å². The predicted octanol–water partition coefficient (Wildman–Crippen LogP) is 6.43. The third-order valence-electron chi connectivity index (χ3n) is 3.91. The zero-order valence-corrected chi connectivity index (χ0v) is 15.7. The smallest absolute Gasteiger partial charge is 0.0804 e. The number of aromatic amines is 2. The number of aromatic nitrogens is 2. The molecule has 0 aliphatic carbocycles. The second-order valence-corrected chi connectivity index (χ2v) is 8.46. The Kier molecular flexibility index (Phi) is 4.95. The molecule has 0 bridgehead atoms.